The third kappa shape index (κ3) is 2.88. The molecule has 102 valence electrons. The Bertz CT molecular complexity index is 525. The molecule has 0 aromatic heterocycles. The maximum atomic E-state index is 12.2. The van der Waals surface area contributed by atoms with Gasteiger partial charge in [-0.05, 0) is 38.1 Å². The molecule has 1 fully saturated rings. The Morgan fingerprint density at radius 1 is 1.47 bits per heavy atom. The van der Waals surface area contributed by atoms with Crippen LogP contribution >= 0.6 is 11.6 Å². The smallest absolute Gasteiger partial charge is 0.337 e. The molecule has 0 bridgehead atoms. The van der Waals surface area contributed by atoms with Crippen LogP contribution in [0.2, 0.25) is 5.02 Å². The van der Waals surface area contributed by atoms with Crippen molar-refractivity contribution in [3.8, 4) is 0 Å². The van der Waals surface area contributed by atoms with Crippen molar-refractivity contribution in [2.24, 2.45) is 5.41 Å². The lowest BCUT2D eigenvalue weighted by molar-refractivity contribution is -0.123. The van der Waals surface area contributed by atoms with E-state index >= 15 is 0 Å². The molecule has 1 aromatic carbocycles. The van der Waals surface area contributed by atoms with Crippen LogP contribution in [-0.4, -0.2) is 30.1 Å². The van der Waals surface area contributed by atoms with Gasteiger partial charge in [0.05, 0.1) is 16.0 Å². The molecule has 1 saturated heterocycles. The monoisotopic (exact) mass is 282 g/mol. The fourth-order valence-electron chi connectivity index (χ4n) is 2.06. The SMILES string of the molecule is CC1(C(=O)Nc2ccc(C(=O)O)c(Cl)c2)CCNC1. The number of anilines is 1. The number of aromatic carboxylic acids is 1. The van der Waals surface area contributed by atoms with Crippen molar-refractivity contribution in [2.45, 2.75) is 13.3 Å². The number of hydrogen-bond acceptors (Lipinski definition) is 3. The summed E-state index contributed by atoms with van der Waals surface area (Å²) in [5.74, 6) is -1.17. The maximum absolute atomic E-state index is 12.2. The number of rotatable bonds is 3. The molecule has 1 aliphatic rings. The molecule has 0 saturated carbocycles. The maximum Gasteiger partial charge on any atom is 0.337 e. The summed E-state index contributed by atoms with van der Waals surface area (Å²) in [6.07, 6.45) is 0.778. The lowest BCUT2D eigenvalue weighted by Crippen LogP contribution is -2.35. The molecule has 1 atom stereocenters. The highest BCUT2D eigenvalue weighted by atomic mass is 35.5. The van der Waals surface area contributed by atoms with Crippen LogP contribution in [0, 0.1) is 5.41 Å². The summed E-state index contributed by atoms with van der Waals surface area (Å²) >= 11 is 5.86. The normalized spacial score (nSPS) is 22.2. The van der Waals surface area contributed by atoms with Gasteiger partial charge >= 0.3 is 5.97 Å². The summed E-state index contributed by atoms with van der Waals surface area (Å²) in [6, 6.07) is 4.38. The largest absolute Gasteiger partial charge is 0.478 e. The number of carbonyl (C=O) groups is 2. The molecule has 0 radical (unpaired) electrons. The van der Waals surface area contributed by atoms with Gasteiger partial charge in [-0.1, -0.05) is 11.6 Å². The van der Waals surface area contributed by atoms with Crippen LogP contribution < -0.4 is 10.6 Å². The predicted octanol–water partition coefficient (Wildman–Crippen LogP) is 1.98. The minimum atomic E-state index is -1.09. The molecule has 1 aliphatic heterocycles. The Balaban J connectivity index is 2.13. The van der Waals surface area contributed by atoms with Gasteiger partial charge in [-0.25, -0.2) is 4.79 Å². The zero-order valence-corrected chi connectivity index (χ0v) is 11.3. The highest BCUT2D eigenvalue weighted by Crippen LogP contribution is 2.27. The van der Waals surface area contributed by atoms with Crippen LogP contribution in [0.1, 0.15) is 23.7 Å². The molecular weight excluding hydrogens is 268 g/mol. The zero-order valence-electron chi connectivity index (χ0n) is 10.5. The van der Waals surface area contributed by atoms with E-state index in [0.29, 0.717) is 12.2 Å². The lowest BCUT2D eigenvalue weighted by atomic mass is 9.89. The van der Waals surface area contributed by atoms with Gasteiger partial charge in [0.15, 0.2) is 0 Å². The Hall–Kier alpha value is -1.59. The molecule has 19 heavy (non-hydrogen) atoms. The molecule has 2 rings (SSSR count). The average molecular weight is 283 g/mol. The number of halogens is 1. The zero-order chi connectivity index (χ0) is 14.0. The van der Waals surface area contributed by atoms with Crippen LogP contribution in [0.25, 0.3) is 0 Å². The van der Waals surface area contributed by atoms with Crippen LogP contribution in [0.5, 0.6) is 0 Å². The molecule has 1 heterocycles. The highest BCUT2D eigenvalue weighted by Gasteiger charge is 2.36. The Kier molecular flexibility index (Phi) is 3.78. The van der Waals surface area contributed by atoms with E-state index in [1.165, 1.54) is 12.1 Å². The Morgan fingerprint density at radius 3 is 2.74 bits per heavy atom. The standard InChI is InChI=1S/C13H15ClN2O3/c1-13(4-5-15-7-13)12(19)16-8-2-3-9(11(17)18)10(14)6-8/h2-3,6,15H,4-5,7H2,1H3,(H,16,19)(H,17,18). The number of hydrogen-bond donors (Lipinski definition) is 3. The third-order valence-corrected chi connectivity index (χ3v) is 3.69. The lowest BCUT2D eigenvalue weighted by Gasteiger charge is -2.21. The first-order chi connectivity index (χ1) is 8.92. The number of amides is 1. The van der Waals surface area contributed by atoms with Crippen LogP contribution in [0.3, 0.4) is 0 Å². The summed E-state index contributed by atoms with van der Waals surface area (Å²) in [5.41, 5.74) is 0.0966. The topological polar surface area (TPSA) is 78.4 Å². The van der Waals surface area contributed by atoms with Crippen LogP contribution in [0.4, 0.5) is 5.69 Å². The average Bonchev–Trinajstić information content (AvgIpc) is 2.77. The van der Waals surface area contributed by atoms with Gasteiger partial charge in [-0.15, -0.1) is 0 Å². The molecule has 1 aromatic rings. The van der Waals surface area contributed by atoms with E-state index in [1.807, 2.05) is 6.92 Å². The molecule has 0 aliphatic carbocycles. The van der Waals surface area contributed by atoms with E-state index in [9.17, 15) is 9.59 Å². The third-order valence-electron chi connectivity index (χ3n) is 3.37. The van der Waals surface area contributed by atoms with Crippen molar-refractivity contribution >= 4 is 29.2 Å². The second-order valence-corrected chi connectivity index (χ2v) is 5.35. The van der Waals surface area contributed by atoms with Gasteiger partial charge in [-0.3, -0.25) is 4.79 Å². The van der Waals surface area contributed by atoms with Crippen molar-refractivity contribution in [2.75, 3.05) is 18.4 Å². The minimum absolute atomic E-state index is 0.0217. The van der Waals surface area contributed by atoms with Crippen LogP contribution in [0.15, 0.2) is 18.2 Å². The van der Waals surface area contributed by atoms with E-state index in [0.717, 1.165) is 13.0 Å². The van der Waals surface area contributed by atoms with E-state index in [4.69, 9.17) is 16.7 Å². The van der Waals surface area contributed by atoms with Gasteiger partial charge in [0, 0.05) is 12.2 Å². The molecule has 6 heteroatoms. The van der Waals surface area contributed by atoms with E-state index < -0.39 is 11.4 Å². The van der Waals surface area contributed by atoms with E-state index in [2.05, 4.69) is 10.6 Å². The second-order valence-electron chi connectivity index (χ2n) is 4.94. The number of carboxylic acids is 1. The molecule has 5 nitrogen and oxygen atoms in total. The number of carboxylic acid groups (broad SMARTS) is 1. The first kappa shape index (κ1) is 13.8. The molecule has 1 unspecified atom stereocenters. The van der Waals surface area contributed by atoms with Gasteiger partial charge in [-0.2, -0.15) is 0 Å². The molecule has 0 spiro atoms. The summed E-state index contributed by atoms with van der Waals surface area (Å²) < 4.78 is 0. The number of nitrogens with one attached hydrogen (secondary N) is 2. The van der Waals surface area contributed by atoms with Gasteiger partial charge in [0.2, 0.25) is 5.91 Å². The van der Waals surface area contributed by atoms with E-state index in [1.54, 1.807) is 6.07 Å². The van der Waals surface area contributed by atoms with Crippen LogP contribution in [-0.2, 0) is 4.79 Å². The molecule has 3 N–H and O–H groups in total. The Labute approximate surface area is 116 Å². The van der Waals surface area contributed by atoms with Gasteiger partial charge < -0.3 is 15.7 Å². The second kappa shape index (κ2) is 5.19. The Morgan fingerprint density at radius 2 is 2.21 bits per heavy atom. The molecular formula is C13H15ClN2O3. The van der Waals surface area contributed by atoms with Crippen molar-refractivity contribution in [3.63, 3.8) is 0 Å². The predicted molar refractivity (Wildman–Crippen MR) is 72.6 cm³/mol. The molecule has 1 amide bonds. The summed E-state index contributed by atoms with van der Waals surface area (Å²) in [4.78, 5) is 23.0. The van der Waals surface area contributed by atoms with Crippen molar-refractivity contribution in [3.05, 3.63) is 28.8 Å². The fraction of sp³-hybridized carbons (Fsp3) is 0.385. The van der Waals surface area contributed by atoms with Crippen molar-refractivity contribution < 1.29 is 14.7 Å². The number of benzene rings is 1. The van der Waals surface area contributed by atoms with Gasteiger partial charge in [0.1, 0.15) is 0 Å². The summed E-state index contributed by atoms with van der Waals surface area (Å²) in [5, 5.41) is 14.9. The van der Waals surface area contributed by atoms with E-state index in [-0.39, 0.29) is 16.5 Å². The first-order valence-corrected chi connectivity index (χ1v) is 6.35. The quantitative estimate of drug-likeness (QED) is 0.792. The first-order valence-electron chi connectivity index (χ1n) is 5.97. The number of carbonyl (C=O) groups excluding carboxylic acids is 1. The van der Waals surface area contributed by atoms with Crippen molar-refractivity contribution in [1.82, 2.24) is 5.32 Å². The highest BCUT2D eigenvalue weighted by molar-refractivity contribution is 6.33. The summed E-state index contributed by atoms with van der Waals surface area (Å²) in [7, 11) is 0. The fourth-order valence-corrected chi connectivity index (χ4v) is 2.32. The summed E-state index contributed by atoms with van der Waals surface area (Å²) in [6.45, 7) is 3.36. The minimum Gasteiger partial charge on any atom is -0.478 e. The van der Waals surface area contributed by atoms with Gasteiger partial charge in [0.25, 0.3) is 0 Å². The van der Waals surface area contributed by atoms with Crippen molar-refractivity contribution in [1.29, 1.82) is 0 Å².